The predicted molar refractivity (Wildman–Crippen MR) is 80.0 cm³/mol. The van der Waals surface area contributed by atoms with E-state index >= 15 is 0 Å². The van der Waals surface area contributed by atoms with E-state index in [9.17, 15) is 18.3 Å². The van der Waals surface area contributed by atoms with E-state index in [2.05, 4.69) is 5.32 Å². The van der Waals surface area contributed by atoms with Gasteiger partial charge in [-0.2, -0.15) is 0 Å². The van der Waals surface area contributed by atoms with Crippen LogP contribution in [0.2, 0.25) is 0 Å². The zero-order chi connectivity index (χ0) is 15.6. The van der Waals surface area contributed by atoms with Gasteiger partial charge in [-0.1, -0.05) is 6.07 Å². The summed E-state index contributed by atoms with van der Waals surface area (Å²) in [7, 11) is -3.46. The summed E-state index contributed by atoms with van der Waals surface area (Å²) < 4.78 is 23.1. The molecule has 6 nitrogen and oxygen atoms in total. The van der Waals surface area contributed by atoms with E-state index in [0.29, 0.717) is 5.69 Å². The van der Waals surface area contributed by atoms with Crippen molar-refractivity contribution in [2.24, 2.45) is 0 Å². The Hall–Kier alpha value is -2.54. The molecule has 0 heterocycles. The molecule has 0 bridgehead atoms. The minimum absolute atomic E-state index is 0.0113. The summed E-state index contributed by atoms with van der Waals surface area (Å²) in [5, 5.41) is 11.9. The third kappa shape index (κ3) is 3.73. The van der Waals surface area contributed by atoms with Crippen molar-refractivity contribution in [3.63, 3.8) is 0 Å². The second-order valence-electron chi connectivity index (χ2n) is 4.57. The fourth-order valence-corrected chi connectivity index (χ4v) is 2.45. The number of carbonyl (C=O) groups is 1. The van der Waals surface area contributed by atoms with E-state index in [1.807, 2.05) is 0 Å². The molecule has 0 aliphatic heterocycles. The number of nitrogens with two attached hydrogens (primary N) is 1. The second-order valence-corrected chi connectivity index (χ2v) is 6.58. The maximum atomic E-state index is 12.1. The summed E-state index contributed by atoms with van der Waals surface area (Å²) in [4.78, 5) is 12.1. The smallest absolute Gasteiger partial charge is 0.255 e. The third-order valence-electron chi connectivity index (χ3n) is 2.72. The Morgan fingerprint density at radius 3 is 2.52 bits per heavy atom. The number of hydrogen-bond donors (Lipinski definition) is 3. The zero-order valence-electron chi connectivity index (χ0n) is 11.2. The van der Waals surface area contributed by atoms with Crippen LogP contribution in [0.4, 0.5) is 11.4 Å². The number of sulfone groups is 1. The molecule has 0 aliphatic rings. The van der Waals surface area contributed by atoms with Crippen LogP contribution >= 0.6 is 0 Å². The van der Waals surface area contributed by atoms with Gasteiger partial charge in [0.05, 0.1) is 4.90 Å². The average Bonchev–Trinajstić information content (AvgIpc) is 2.37. The van der Waals surface area contributed by atoms with Gasteiger partial charge in [-0.3, -0.25) is 4.79 Å². The number of aromatic hydroxyl groups is 1. The van der Waals surface area contributed by atoms with Crippen LogP contribution in [0, 0.1) is 0 Å². The van der Waals surface area contributed by atoms with Gasteiger partial charge in [0, 0.05) is 29.3 Å². The number of carbonyl (C=O) groups excluding carboxylic acids is 1. The van der Waals surface area contributed by atoms with E-state index in [1.165, 1.54) is 30.3 Å². The normalized spacial score (nSPS) is 11.1. The van der Waals surface area contributed by atoms with Gasteiger partial charge in [-0.25, -0.2) is 8.42 Å². The highest BCUT2D eigenvalue weighted by atomic mass is 32.2. The molecule has 0 aliphatic carbocycles. The maximum absolute atomic E-state index is 12.1. The first kappa shape index (κ1) is 14.9. The average molecular weight is 306 g/mol. The van der Waals surface area contributed by atoms with Crippen molar-refractivity contribution >= 4 is 27.1 Å². The summed E-state index contributed by atoms with van der Waals surface area (Å²) in [5.74, 6) is -0.505. The quantitative estimate of drug-likeness (QED) is 0.747. The molecule has 21 heavy (non-hydrogen) atoms. The number of nitrogens with one attached hydrogen (secondary N) is 1. The molecule has 0 aromatic heterocycles. The lowest BCUT2D eigenvalue weighted by atomic mass is 10.2. The lowest BCUT2D eigenvalue weighted by molar-refractivity contribution is 0.102. The Balaban J connectivity index is 2.33. The van der Waals surface area contributed by atoms with Crippen molar-refractivity contribution in [3.8, 4) is 5.75 Å². The van der Waals surface area contributed by atoms with Gasteiger partial charge in [-0.05, 0) is 30.3 Å². The molecule has 0 radical (unpaired) electrons. The maximum Gasteiger partial charge on any atom is 0.255 e. The molecule has 7 heteroatoms. The summed E-state index contributed by atoms with van der Waals surface area (Å²) in [6.07, 6.45) is 1.04. The monoisotopic (exact) mass is 306 g/mol. The van der Waals surface area contributed by atoms with Crippen LogP contribution in [0.25, 0.3) is 0 Å². The number of phenols is 1. The lowest BCUT2D eigenvalue weighted by Crippen LogP contribution is -2.13. The molecule has 0 saturated carbocycles. The first-order chi connectivity index (χ1) is 9.75. The molecule has 1 amide bonds. The topological polar surface area (TPSA) is 109 Å². The Labute approximate surface area is 122 Å². The zero-order valence-corrected chi connectivity index (χ0v) is 12.0. The van der Waals surface area contributed by atoms with E-state index in [-0.39, 0.29) is 21.9 Å². The summed E-state index contributed by atoms with van der Waals surface area (Å²) in [6.45, 7) is 0. The Morgan fingerprint density at radius 1 is 1.19 bits per heavy atom. The van der Waals surface area contributed by atoms with Crippen LogP contribution in [0.5, 0.6) is 5.75 Å². The third-order valence-corrected chi connectivity index (χ3v) is 3.82. The fourth-order valence-electron chi connectivity index (χ4n) is 1.75. The molecule has 2 rings (SSSR count). The molecule has 0 atom stereocenters. The Kier molecular flexibility index (Phi) is 3.86. The van der Waals surface area contributed by atoms with Crippen LogP contribution in [0.15, 0.2) is 47.4 Å². The molecule has 0 spiro atoms. The van der Waals surface area contributed by atoms with Crippen LogP contribution in [0.3, 0.4) is 0 Å². The second kappa shape index (κ2) is 5.45. The number of rotatable bonds is 3. The van der Waals surface area contributed by atoms with Gasteiger partial charge in [0.25, 0.3) is 5.91 Å². The highest BCUT2D eigenvalue weighted by Gasteiger charge is 2.13. The Morgan fingerprint density at radius 2 is 1.90 bits per heavy atom. The number of benzene rings is 2. The summed E-state index contributed by atoms with van der Waals surface area (Å²) >= 11 is 0. The largest absolute Gasteiger partial charge is 0.508 e. The van der Waals surface area contributed by atoms with Crippen molar-refractivity contribution in [1.82, 2.24) is 0 Å². The van der Waals surface area contributed by atoms with E-state index < -0.39 is 15.7 Å². The minimum atomic E-state index is -3.46. The van der Waals surface area contributed by atoms with Crippen LogP contribution in [0.1, 0.15) is 10.4 Å². The van der Waals surface area contributed by atoms with Crippen molar-refractivity contribution in [1.29, 1.82) is 0 Å². The van der Waals surface area contributed by atoms with Crippen molar-refractivity contribution < 1.29 is 18.3 Å². The first-order valence-corrected chi connectivity index (χ1v) is 7.86. The van der Waals surface area contributed by atoms with Crippen molar-refractivity contribution in [2.75, 3.05) is 17.3 Å². The van der Waals surface area contributed by atoms with Crippen LogP contribution in [-0.2, 0) is 9.84 Å². The SMILES string of the molecule is CS(=O)(=O)c1cc(N)cc(C(=O)Nc2cccc(O)c2)c1. The number of anilines is 2. The summed E-state index contributed by atoms with van der Waals surface area (Å²) in [6, 6.07) is 9.95. The molecule has 0 saturated heterocycles. The predicted octanol–water partition coefficient (Wildman–Crippen LogP) is 1.63. The highest BCUT2D eigenvalue weighted by molar-refractivity contribution is 7.90. The lowest BCUT2D eigenvalue weighted by Gasteiger charge is -2.08. The van der Waals surface area contributed by atoms with Gasteiger partial charge < -0.3 is 16.2 Å². The van der Waals surface area contributed by atoms with E-state index in [0.717, 1.165) is 6.26 Å². The van der Waals surface area contributed by atoms with Gasteiger partial charge in [0.1, 0.15) is 5.75 Å². The molecule has 2 aromatic rings. The van der Waals surface area contributed by atoms with Gasteiger partial charge in [0.2, 0.25) is 0 Å². The van der Waals surface area contributed by atoms with E-state index in [1.54, 1.807) is 12.1 Å². The molecule has 110 valence electrons. The van der Waals surface area contributed by atoms with Crippen molar-refractivity contribution in [2.45, 2.75) is 4.90 Å². The number of hydrogen-bond acceptors (Lipinski definition) is 5. The molecular weight excluding hydrogens is 292 g/mol. The molecule has 4 N–H and O–H groups in total. The van der Waals surface area contributed by atoms with Crippen LogP contribution in [-0.4, -0.2) is 25.7 Å². The first-order valence-electron chi connectivity index (χ1n) is 5.97. The fraction of sp³-hybridized carbons (Fsp3) is 0.0714. The molecule has 0 unspecified atom stereocenters. The van der Waals surface area contributed by atoms with Gasteiger partial charge >= 0.3 is 0 Å². The van der Waals surface area contributed by atoms with Crippen molar-refractivity contribution in [3.05, 3.63) is 48.0 Å². The van der Waals surface area contributed by atoms with E-state index in [4.69, 9.17) is 5.73 Å². The van der Waals surface area contributed by atoms with Gasteiger partial charge in [0.15, 0.2) is 9.84 Å². The molecule has 2 aromatic carbocycles. The minimum Gasteiger partial charge on any atom is -0.508 e. The molecule has 0 fully saturated rings. The standard InChI is InChI=1S/C14H14N2O4S/c1-21(19,20)13-6-9(5-10(15)7-13)14(18)16-11-3-2-4-12(17)8-11/h2-8,17H,15H2,1H3,(H,16,18). The highest BCUT2D eigenvalue weighted by Crippen LogP contribution is 2.20. The van der Waals surface area contributed by atoms with Gasteiger partial charge in [-0.15, -0.1) is 0 Å². The molecular formula is C14H14N2O4S. The number of nitrogen functional groups attached to an aromatic ring is 1. The number of phenolic OH excluding ortho intramolecular Hbond substituents is 1. The Bertz CT molecular complexity index is 800. The number of amides is 1. The summed E-state index contributed by atoms with van der Waals surface area (Å²) in [5.41, 5.74) is 6.32. The van der Waals surface area contributed by atoms with Crippen LogP contribution < -0.4 is 11.1 Å².